The van der Waals surface area contributed by atoms with Gasteiger partial charge in [-0.2, -0.15) is 13.2 Å². The van der Waals surface area contributed by atoms with Gasteiger partial charge in [-0.3, -0.25) is 9.17 Å². The van der Waals surface area contributed by atoms with Gasteiger partial charge in [0.2, 0.25) is 0 Å². The van der Waals surface area contributed by atoms with Gasteiger partial charge in [0.15, 0.2) is 6.09 Å². The van der Waals surface area contributed by atoms with Gasteiger partial charge in [-0.1, -0.05) is 6.07 Å². The number of hydrogen-bond acceptors (Lipinski definition) is 5. The largest absolute Gasteiger partial charge is 0.529 e. The van der Waals surface area contributed by atoms with E-state index in [0.29, 0.717) is 9.87 Å². The van der Waals surface area contributed by atoms with E-state index in [-0.39, 0.29) is 13.0 Å². The van der Waals surface area contributed by atoms with Gasteiger partial charge in [-0.15, -0.1) is 0 Å². The molecule has 6 nitrogen and oxygen atoms in total. The van der Waals surface area contributed by atoms with Crippen molar-refractivity contribution >= 4 is 17.4 Å². The number of alkyl halides is 3. The standard InChI is InChI=1S/C10H9F3N2O4S/c11-10(12,13)8-2-1-6(4-14-8)3-7-5-19-20(18)15(7)9(16)17/h1-2,4,7H,3,5H2,(H,16,17)/p-1/t7-,20?/m0/s1. The molecule has 0 aromatic carbocycles. The summed E-state index contributed by atoms with van der Waals surface area (Å²) in [7, 11) is 0. The molecule has 2 rings (SSSR count). The van der Waals surface area contributed by atoms with Crippen LogP contribution in [-0.4, -0.2) is 32.2 Å². The highest BCUT2D eigenvalue weighted by Gasteiger charge is 2.34. The summed E-state index contributed by atoms with van der Waals surface area (Å²) in [5.74, 6) is 0. The van der Waals surface area contributed by atoms with Gasteiger partial charge >= 0.3 is 6.18 Å². The highest BCUT2D eigenvalue weighted by molar-refractivity contribution is 7.78. The topological polar surface area (TPSA) is 82.6 Å². The average molecular weight is 309 g/mol. The number of carbonyl (C=O) groups is 1. The maximum absolute atomic E-state index is 12.3. The summed E-state index contributed by atoms with van der Waals surface area (Å²) in [5, 5.41) is 10.8. The van der Waals surface area contributed by atoms with Crippen molar-refractivity contribution in [2.24, 2.45) is 0 Å². The first kappa shape index (κ1) is 14.7. The average Bonchev–Trinajstić information content (AvgIpc) is 2.70. The van der Waals surface area contributed by atoms with Gasteiger partial charge in [0.1, 0.15) is 5.69 Å². The van der Waals surface area contributed by atoms with Crippen LogP contribution in [0.1, 0.15) is 11.3 Å². The van der Waals surface area contributed by atoms with Crippen LogP contribution < -0.4 is 5.11 Å². The van der Waals surface area contributed by atoms with E-state index in [4.69, 9.17) is 0 Å². The van der Waals surface area contributed by atoms with Crippen molar-refractivity contribution < 1.29 is 31.5 Å². The fraction of sp³-hybridized carbons (Fsp3) is 0.400. The molecule has 1 aromatic heterocycles. The summed E-state index contributed by atoms with van der Waals surface area (Å²) in [4.78, 5) is 14.0. The van der Waals surface area contributed by atoms with Crippen LogP contribution in [0.15, 0.2) is 18.3 Å². The molecule has 1 aromatic rings. The van der Waals surface area contributed by atoms with Gasteiger partial charge in [-0.05, 0) is 18.1 Å². The van der Waals surface area contributed by atoms with Gasteiger partial charge in [0, 0.05) is 6.20 Å². The first-order valence-electron chi connectivity index (χ1n) is 5.36. The van der Waals surface area contributed by atoms with Gasteiger partial charge < -0.3 is 9.90 Å². The molecule has 2 atom stereocenters. The Hall–Kier alpha value is -1.68. The van der Waals surface area contributed by atoms with E-state index >= 15 is 0 Å². The third kappa shape index (κ3) is 3.07. The van der Waals surface area contributed by atoms with Gasteiger partial charge in [0.25, 0.3) is 11.3 Å². The molecule has 10 heteroatoms. The lowest BCUT2D eigenvalue weighted by atomic mass is 10.1. The predicted octanol–water partition coefficient (Wildman–Crippen LogP) is 0.266. The lowest BCUT2D eigenvalue weighted by Crippen LogP contribution is -2.45. The van der Waals surface area contributed by atoms with Gasteiger partial charge in [-0.25, -0.2) is 8.51 Å². The summed E-state index contributed by atoms with van der Waals surface area (Å²) >= 11 is -2.14. The highest BCUT2D eigenvalue weighted by atomic mass is 32.2. The molecule has 0 aliphatic carbocycles. The summed E-state index contributed by atoms with van der Waals surface area (Å²) in [6.07, 6.45) is -5.17. The Morgan fingerprint density at radius 2 is 2.25 bits per heavy atom. The van der Waals surface area contributed by atoms with Crippen molar-refractivity contribution in [1.82, 2.24) is 9.29 Å². The third-order valence-corrected chi connectivity index (χ3v) is 3.73. The first-order chi connectivity index (χ1) is 9.29. The molecular formula is C10H8F3N2O4S-. The van der Waals surface area contributed by atoms with Crippen LogP contribution >= 0.6 is 0 Å². The fourth-order valence-corrected chi connectivity index (χ4v) is 2.61. The summed E-state index contributed by atoms with van der Waals surface area (Å²) in [6.45, 7) is -0.123. The molecule has 1 saturated heterocycles. The molecule has 1 fully saturated rings. The Bertz CT molecular complexity index is 534. The fourth-order valence-electron chi connectivity index (χ4n) is 1.72. The number of carboxylic acid groups (broad SMARTS) is 1. The minimum Gasteiger partial charge on any atom is -0.529 e. The molecule has 110 valence electrons. The lowest BCUT2D eigenvalue weighted by molar-refractivity contribution is -0.260. The SMILES string of the molecule is O=C([O-])N1[C@@H](Cc2ccc(C(F)(F)F)nc2)COS1=O. The van der Waals surface area contributed by atoms with Crippen molar-refractivity contribution in [3.8, 4) is 0 Å². The van der Waals surface area contributed by atoms with E-state index < -0.39 is 35.3 Å². The van der Waals surface area contributed by atoms with Crippen molar-refractivity contribution in [2.75, 3.05) is 6.61 Å². The molecule has 2 heterocycles. The summed E-state index contributed by atoms with van der Waals surface area (Å²) in [5.41, 5.74) is -0.666. The maximum atomic E-state index is 12.3. The molecule has 0 radical (unpaired) electrons. The van der Waals surface area contributed by atoms with E-state index in [1.807, 2.05) is 0 Å². The number of pyridine rings is 1. The van der Waals surface area contributed by atoms with Gasteiger partial charge in [0.05, 0.1) is 12.6 Å². The third-order valence-electron chi connectivity index (χ3n) is 2.62. The lowest BCUT2D eigenvalue weighted by Gasteiger charge is -2.22. The van der Waals surface area contributed by atoms with E-state index in [9.17, 15) is 27.3 Å². The molecule has 0 spiro atoms. The molecule has 0 saturated carbocycles. The van der Waals surface area contributed by atoms with Crippen LogP contribution in [0.3, 0.4) is 0 Å². The van der Waals surface area contributed by atoms with Crippen LogP contribution in [0.4, 0.5) is 18.0 Å². The van der Waals surface area contributed by atoms with E-state index in [1.54, 1.807) is 0 Å². The zero-order valence-electron chi connectivity index (χ0n) is 9.79. The highest BCUT2D eigenvalue weighted by Crippen LogP contribution is 2.27. The van der Waals surface area contributed by atoms with Crippen LogP contribution in [-0.2, 0) is 28.0 Å². The van der Waals surface area contributed by atoms with Crippen LogP contribution in [0.2, 0.25) is 0 Å². The molecular weight excluding hydrogens is 301 g/mol. The maximum Gasteiger partial charge on any atom is 0.433 e. The quantitative estimate of drug-likeness (QED) is 0.783. The predicted molar refractivity (Wildman–Crippen MR) is 58.1 cm³/mol. The number of amides is 1. The number of aromatic nitrogens is 1. The molecule has 1 aliphatic rings. The van der Waals surface area contributed by atoms with Crippen molar-refractivity contribution in [2.45, 2.75) is 18.6 Å². The van der Waals surface area contributed by atoms with Crippen molar-refractivity contribution in [3.05, 3.63) is 29.6 Å². The second-order valence-electron chi connectivity index (χ2n) is 4.00. The first-order valence-corrected chi connectivity index (χ1v) is 6.39. The van der Waals surface area contributed by atoms with E-state index in [1.165, 1.54) is 6.07 Å². The number of halogens is 3. The minimum atomic E-state index is -4.53. The Morgan fingerprint density at radius 1 is 1.55 bits per heavy atom. The second kappa shape index (κ2) is 5.37. The molecule has 20 heavy (non-hydrogen) atoms. The summed E-state index contributed by atoms with van der Waals surface area (Å²) in [6, 6.07) is 1.20. The van der Waals surface area contributed by atoms with E-state index in [0.717, 1.165) is 12.3 Å². The van der Waals surface area contributed by atoms with Crippen LogP contribution in [0.25, 0.3) is 0 Å². The molecule has 0 N–H and O–H groups in total. The normalized spacial score (nSPS) is 23.1. The monoisotopic (exact) mass is 309 g/mol. The Labute approximate surface area is 114 Å². The summed E-state index contributed by atoms with van der Waals surface area (Å²) < 4.78 is 53.4. The molecule has 1 unspecified atom stereocenters. The second-order valence-corrected chi connectivity index (χ2v) is 5.06. The minimum absolute atomic E-state index is 0.0326. The van der Waals surface area contributed by atoms with E-state index in [2.05, 4.69) is 9.17 Å². The van der Waals surface area contributed by atoms with Crippen molar-refractivity contribution in [3.63, 3.8) is 0 Å². The smallest absolute Gasteiger partial charge is 0.433 e. The van der Waals surface area contributed by atoms with Crippen molar-refractivity contribution in [1.29, 1.82) is 0 Å². The number of nitrogens with zero attached hydrogens (tertiary/aromatic N) is 2. The Morgan fingerprint density at radius 3 is 2.75 bits per heavy atom. The zero-order valence-corrected chi connectivity index (χ0v) is 10.6. The molecule has 1 aliphatic heterocycles. The van der Waals surface area contributed by atoms with Crippen LogP contribution in [0.5, 0.6) is 0 Å². The molecule has 1 amide bonds. The van der Waals surface area contributed by atoms with Crippen LogP contribution in [0, 0.1) is 0 Å². The Kier molecular flexibility index (Phi) is 3.95. The number of rotatable bonds is 2. The Balaban J connectivity index is 2.11. The molecule has 0 bridgehead atoms. The number of carbonyl (C=O) groups excluding carboxylic acids is 1. The number of hydrogen-bond donors (Lipinski definition) is 0. The zero-order chi connectivity index (χ0) is 14.9.